The second kappa shape index (κ2) is 7.33. The van der Waals surface area contributed by atoms with E-state index in [-0.39, 0.29) is 17.5 Å². The van der Waals surface area contributed by atoms with Gasteiger partial charge in [0.25, 0.3) is 0 Å². The molecule has 0 aromatic heterocycles. The van der Waals surface area contributed by atoms with Gasteiger partial charge in [-0.3, -0.25) is 0 Å². The molecule has 0 saturated heterocycles. The Kier molecular flexibility index (Phi) is 5.46. The monoisotopic (exact) mass is 341 g/mol. The predicted molar refractivity (Wildman–Crippen MR) is 88.4 cm³/mol. The Labute approximate surface area is 137 Å². The van der Waals surface area contributed by atoms with Gasteiger partial charge in [-0.1, -0.05) is 29.3 Å². The van der Waals surface area contributed by atoms with Crippen molar-refractivity contribution in [3.63, 3.8) is 0 Å². The van der Waals surface area contributed by atoms with Crippen LogP contribution >= 0.6 is 23.2 Å². The molecule has 0 saturated carbocycles. The van der Waals surface area contributed by atoms with Crippen LogP contribution in [0.15, 0.2) is 41.4 Å². The number of anilines is 1. The summed E-state index contributed by atoms with van der Waals surface area (Å²) in [6.07, 6.45) is 0. The van der Waals surface area contributed by atoms with Gasteiger partial charge in [0.05, 0.1) is 23.7 Å². The van der Waals surface area contributed by atoms with Gasteiger partial charge in [0, 0.05) is 5.69 Å². The second-order valence-electron chi connectivity index (χ2n) is 4.42. The number of nitrogens with two attached hydrogens (primary N) is 1. The van der Waals surface area contributed by atoms with Gasteiger partial charge in [-0.25, -0.2) is 9.38 Å². The Morgan fingerprint density at radius 1 is 1.23 bits per heavy atom. The molecule has 0 bridgehead atoms. The van der Waals surface area contributed by atoms with E-state index < -0.39 is 5.82 Å². The van der Waals surface area contributed by atoms with Gasteiger partial charge in [0.2, 0.25) is 0 Å². The summed E-state index contributed by atoms with van der Waals surface area (Å²) in [5.41, 5.74) is 7.24. The number of nitrogens with zero attached hydrogens (tertiary/aromatic N) is 1. The molecule has 0 aliphatic carbocycles. The van der Waals surface area contributed by atoms with Gasteiger partial charge in [0.15, 0.2) is 5.96 Å². The molecule has 0 radical (unpaired) electrons. The number of hydrogen-bond donors (Lipinski definition) is 2. The maximum Gasteiger partial charge on any atom is 0.193 e. The van der Waals surface area contributed by atoms with E-state index in [1.54, 1.807) is 24.3 Å². The molecule has 7 heteroatoms. The topological polar surface area (TPSA) is 59.6 Å². The molecule has 2 aromatic rings. The Morgan fingerprint density at radius 3 is 2.64 bits per heavy atom. The average molecular weight is 342 g/mol. The zero-order chi connectivity index (χ0) is 16.1. The van der Waals surface area contributed by atoms with Crippen molar-refractivity contribution < 1.29 is 9.13 Å². The first-order valence-electron chi connectivity index (χ1n) is 6.34. The van der Waals surface area contributed by atoms with E-state index in [0.29, 0.717) is 16.5 Å². The molecule has 2 rings (SSSR count). The molecule has 4 nitrogen and oxygen atoms in total. The van der Waals surface area contributed by atoms with Crippen molar-refractivity contribution in [1.29, 1.82) is 0 Å². The number of ether oxygens (including phenoxy) is 1. The zero-order valence-electron chi connectivity index (χ0n) is 11.7. The zero-order valence-corrected chi connectivity index (χ0v) is 13.2. The van der Waals surface area contributed by atoms with Crippen LogP contribution in [0.5, 0.6) is 5.75 Å². The van der Waals surface area contributed by atoms with Crippen molar-refractivity contribution in [2.75, 3.05) is 12.4 Å². The van der Waals surface area contributed by atoms with Crippen LogP contribution in [0.3, 0.4) is 0 Å². The largest absolute Gasteiger partial charge is 0.495 e. The van der Waals surface area contributed by atoms with Crippen LogP contribution in [-0.4, -0.2) is 13.1 Å². The lowest BCUT2D eigenvalue weighted by atomic mass is 10.2. The first-order chi connectivity index (χ1) is 10.5. The minimum absolute atomic E-state index is 0.0566. The third-order valence-electron chi connectivity index (χ3n) is 2.84. The molecule has 0 heterocycles. The van der Waals surface area contributed by atoms with Crippen molar-refractivity contribution in [2.45, 2.75) is 6.54 Å². The van der Waals surface area contributed by atoms with Crippen LogP contribution < -0.4 is 15.8 Å². The molecule has 22 heavy (non-hydrogen) atoms. The van der Waals surface area contributed by atoms with Crippen LogP contribution in [-0.2, 0) is 6.54 Å². The van der Waals surface area contributed by atoms with Crippen molar-refractivity contribution in [3.05, 3.63) is 57.8 Å². The fourth-order valence-electron chi connectivity index (χ4n) is 1.75. The lowest BCUT2D eigenvalue weighted by molar-refractivity contribution is 0.415. The van der Waals surface area contributed by atoms with E-state index >= 15 is 0 Å². The number of halogens is 3. The van der Waals surface area contributed by atoms with Gasteiger partial charge in [-0.05, 0) is 35.9 Å². The van der Waals surface area contributed by atoms with Crippen molar-refractivity contribution >= 4 is 34.8 Å². The van der Waals surface area contributed by atoms with Crippen molar-refractivity contribution in [1.82, 2.24) is 0 Å². The molecule has 0 aliphatic heterocycles. The van der Waals surface area contributed by atoms with Crippen molar-refractivity contribution in [3.8, 4) is 5.75 Å². The van der Waals surface area contributed by atoms with Gasteiger partial charge >= 0.3 is 0 Å². The summed E-state index contributed by atoms with van der Waals surface area (Å²) in [6, 6.07) is 9.57. The lowest BCUT2D eigenvalue weighted by Crippen LogP contribution is -2.22. The minimum Gasteiger partial charge on any atom is -0.495 e. The van der Waals surface area contributed by atoms with E-state index in [0.717, 1.165) is 5.56 Å². The Morgan fingerprint density at radius 2 is 2.00 bits per heavy atom. The van der Waals surface area contributed by atoms with Crippen LogP contribution in [0.25, 0.3) is 0 Å². The fraction of sp³-hybridized carbons (Fsp3) is 0.133. The smallest absolute Gasteiger partial charge is 0.193 e. The van der Waals surface area contributed by atoms with Crippen molar-refractivity contribution in [2.24, 2.45) is 10.7 Å². The number of rotatable bonds is 4. The SMILES string of the molecule is COc1ccc(NC(N)=NCc2ccc(F)c(Cl)c2)cc1Cl. The first kappa shape index (κ1) is 16.4. The van der Waals surface area contributed by atoms with E-state index in [1.807, 2.05) is 0 Å². The first-order valence-corrected chi connectivity index (χ1v) is 7.09. The third kappa shape index (κ3) is 4.26. The second-order valence-corrected chi connectivity index (χ2v) is 5.24. The Bertz CT molecular complexity index is 707. The maximum atomic E-state index is 13.1. The summed E-state index contributed by atoms with van der Waals surface area (Å²) >= 11 is 11.7. The highest BCUT2D eigenvalue weighted by Gasteiger charge is 2.03. The molecule has 0 atom stereocenters. The predicted octanol–water partition coefficient (Wildman–Crippen LogP) is 4.07. The van der Waals surface area contributed by atoms with Crippen LogP contribution in [0.2, 0.25) is 10.0 Å². The van der Waals surface area contributed by atoms with Gasteiger partial charge < -0.3 is 15.8 Å². The maximum absolute atomic E-state index is 13.1. The fourth-order valence-corrected chi connectivity index (χ4v) is 2.21. The number of aliphatic imine (C=N–C) groups is 1. The molecule has 0 aliphatic rings. The van der Waals surface area contributed by atoms with Crippen LogP contribution in [0.1, 0.15) is 5.56 Å². The minimum atomic E-state index is -0.464. The van der Waals surface area contributed by atoms with Crippen LogP contribution in [0, 0.1) is 5.82 Å². The molecule has 116 valence electrons. The van der Waals surface area contributed by atoms with E-state index in [4.69, 9.17) is 33.7 Å². The summed E-state index contributed by atoms with van der Waals surface area (Å²) in [7, 11) is 1.54. The summed E-state index contributed by atoms with van der Waals surface area (Å²) in [4.78, 5) is 4.16. The molecule has 0 fully saturated rings. The number of guanidine groups is 1. The average Bonchev–Trinajstić information content (AvgIpc) is 2.49. The normalized spacial score (nSPS) is 11.4. The molecule has 0 unspecified atom stereocenters. The molecule has 0 spiro atoms. The summed E-state index contributed by atoms with van der Waals surface area (Å²) < 4.78 is 18.1. The highest BCUT2D eigenvalue weighted by Crippen LogP contribution is 2.27. The standard InChI is InChI=1S/C15H14Cl2FN3O/c1-22-14-5-3-10(7-12(14)17)21-15(19)20-8-9-2-4-13(18)11(16)6-9/h2-7H,8H2,1H3,(H3,19,20,21). The highest BCUT2D eigenvalue weighted by molar-refractivity contribution is 6.32. The van der Waals surface area contributed by atoms with E-state index in [1.165, 1.54) is 19.2 Å². The van der Waals surface area contributed by atoms with E-state index in [2.05, 4.69) is 10.3 Å². The van der Waals surface area contributed by atoms with Gasteiger partial charge in [0.1, 0.15) is 11.6 Å². The number of nitrogens with one attached hydrogen (secondary N) is 1. The summed E-state index contributed by atoms with van der Waals surface area (Å²) in [5.74, 6) is 0.318. The summed E-state index contributed by atoms with van der Waals surface area (Å²) in [6.45, 7) is 0.280. The van der Waals surface area contributed by atoms with Gasteiger partial charge in [-0.15, -0.1) is 0 Å². The Balaban J connectivity index is 2.03. The summed E-state index contributed by atoms with van der Waals surface area (Å²) in [5, 5.41) is 3.43. The molecular weight excluding hydrogens is 328 g/mol. The van der Waals surface area contributed by atoms with Crippen LogP contribution in [0.4, 0.5) is 10.1 Å². The van der Waals surface area contributed by atoms with Gasteiger partial charge in [-0.2, -0.15) is 0 Å². The third-order valence-corrected chi connectivity index (χ3v) is 3.43. The lowest BCUT2D eigenvalue weighted by Gasteiger charge is -2.08. The molecular formula is C15H14Cl2FN3O. The number of benzene rings is 2. The molecule has 2 aromatic carbocycles. The Hall–Kier alpha value is -1.98. The number of hydrogen-bond acceptors (Lipinski definition) is 2. The molecule has 3 N–H and O–H groups in total. The quantitative estimate of drug-likeness (QED) is 0.650. The number of methoxy groups -OCH3 is 1. The highest BCUT2D eigenvalue weighted by atomic mass is 35.5. The molecule has 0 amide bonds. The van der Waals surface area contributed by atoms with E-state index in [9.17, 15) is 4.39 Å².